The second kappa shape index (κ2) is 9.23. The number of hydrogen-bond acceptors (Lipinski definition) is 9. The summed E-state index contributed by atoms with van der Waals surface area (Å²) < 4.78 is 13.8. The van der Waals surface area contributed by atoms with E-state index in [9.17, 15) is 4.79 Å². The number of ether oxygens (including phenoxy) is 2. The van der Waals surface area contributed by atoms with Gasteiger partial charge in [0.25, 0.3) is 0 Å². The van der Waals surface area contributed by atoms with Crippen molar-refractivity contribution < 1.29 is 14.3 Å². The Kier molecular flexibility index (Phi) is 6.45. The number of methoxy groups -OCH3 is 1. The minimum atomic E-state index is -0.507. The van der Waals surface area contributed by atoms with Crippen LogP contribution in [0.5, 0.6) is 11.5 Å². The summed E-state index contributed by atoms with van der Waals surface area (Å²) in [4.78, 5) is 21.4. The SMILES string of the molecule is CCOc1ccc2nc(SCC(=O)N3c4ccc(OC)cc4-c4c(ssc4=S)C3(C)C)sc2c1. The third kappa shape index (κ3) is 4.05. The van der Waals surface area contributed by atoms with E-state index in [2.05, 4.69) is 13.8 Å². The first-order chi connectivity index (χ1) is 16.3. The summed E-state index contributed by atoms with van der Waals surface area (Å²) in [6.45, 7) is 6.77. The first kappa shape index (κ1) is 23.7. The molecule has 0 aliphatic carbocycles. The van der Waals surface area contributed by atoms with Crippen LogP contribution in [0.3, 0.4) is 0 Å². The van der Waals surface area contributed by atoms with E-state index in [0.29, 0.717) is 6.61 Å². The number of fused-ring (bicyclic) bond motifs is 4. The average molecular weight is 547 g/mol. The van der Waals surface area contributed by atoms with Gasteiger partial charge in [0.1, 0.15) is 15.3 Å². The van der Waals surface area contributed by atoms with Gasteiger partial charge in [0.15, 0.2) is 4.34 Å². The third-order valence-corrected chi connectivity index (χ3v) is 11.2. The van der Waals surface area contributed by atoms with Crippen LogP contribution in [0.1, 0.15) is 25.6 Å². The Balaban J connectivity index is 1.46. The molecule has 4 aromatic rings. The highest BCUT2D eigenvalue weighted by atomic mass is 32.9. The lowest BCUT2D eigenvalue weighted by molar-refractivity contribution is -0.117. The Hall–Kier alpha value is -1.98. The summed E-state index contributed by atoms with van der Waals surface area (Å²) in [7, 11) is 4.89. The number of aromatic nitrogens is 1. The fraction of sp³-hybridized carbons (Fsp3) is 0.292. The third-order valence-electron chi connectivity index (χ3n) is 5.68. The lowest BCUT2D eigenvalue weighted by Gasteiger charge is -2.43. The maximum Gasteiger partial charge on any atom is 0.238 e. The minimum Gasteiger partial charge on any atom is -0.497 e. The van der Waals surface area contributed by atoms with Gasteiger partial charge in [-0.15, -0.1) is 11.3 Å². The maximum absolute atomic E-state index is 13.7. The first-order valence-corrected chi connectivity index (χ1v) is 15.0. The number of thioether (sulfide) groups is 1. The van der Waals surface area contributed by atoms with E-state index in [1.54, 1.807) is 39.1 Å². The zero-order valence-corrected chi connectivity index (χ0v) is 23.1. The molecule has 5 rings (SSSR count). The highest BCUT2D eigenvalue weighted by Crippen LogP contribution is 2.53. The van der Waals surface area contributed by atoms with Crippen molar-refractivity contribution in [3.8, 4) is 22.6 Å². The van der Waals surface area contributed by atoms with E-state index in [0.717, 1.165) is 51.6 Å². The first-order valence-electron chi connectivity index (χ1n) is 10.6. The van der Waals surface area contributed by atoms with Crippen LogP contribution >= 0.6 is 56.0 Å². The van der Waals surface area contributed by atoms with Gasteiger partial charge in [0, 0.05) is 11.1 Å². The molecule has 0 bridgehead atoms. The molecule has 0 radical (unpaired) electrons. The molecule has 1 aliphatic rings. The molecule has 0 fully saturated rings. The Bertz CT molecular complexity index is 1450. The summed E-state index contributed by atoms with van der Waals surface area (Å²) in [6.07, 6.45) is 0. The van der Waals surface area contributed by atoms with Crippen LogP contribution in [0.2, 0.25) is 0 Å². The lowest BCUT2D eigenvalue weighted by atomic mass is 9.87. The Labute approximate surface area is 218 Å². The highest BCUT2D eigenvalue weighted by Gasteiger charge is 2.43. The molecule has 0 saturated carbocycles. The van der Waals surface area contributed by atoms with Crippen LogP contribution in [0.25, 0.3) is 21.3 Å². The molecule has 3 heterocycles. The number of nitrogens with zero attached hydrogens (tertiary/aromatic N) is 2. The van der Waals surface area contributed by atoms with Crippen molar-refractivity contribution >= 4 is 77.8 Å². The van der Waals surface area contributed by atoms with Crippen molar-refractivity contribution in [1.82, 2.24) is 4.98 Å². The predicted octanol–water partition coefficient (Wildman–Crippen LogP) is 7.60. The van der Waals surface area contributed by atoms with Crippen molar-refractivity contribution in [2.24, 2.45) is 0 Å². The molecule has 2 aromatic carbocycles. The number of carbonyl (C=O) groups excluding carboxylic acids is 1. The van der Waals surface area contributed by atoms with E-state index < -0.39 is 5.54 Å². The van der Waals surface area contributed by atoms with Gasteiger partial charge in [0.05, 0.1) is 45.8 Å². The fourth-order valence-corrected chi connectivity index (χ4v) is 9.40. The molecule has 0 atom stereocenters. The van der Waals surface area contributed by atoms with E-state index >= 15 is 0 Å². The van der Waals surface area contributed by atoms with Crippen LogP contribution in [0.4, 0.5) is 5.69 Å². The largest absolute Gasteiger partial charge is 0.497 e. The molecular formula is C24H22N2O3S5. The molecule has 1 amide bonds. The lowest BCUT2D eigenvalue weighted by Crippen LogP contribution is -2.48. The second-order valence-electron chi connectivity index (χ2n) is 8.16. The minimum absolute atomic E-state index is 0.0330. The predicted molar refractivity (Wildman–Crippen MR) is 147 cm³/mol. The highest BCUT2D eigenvalue weighted by molar-refractivity contribution is 8.01. The van der Waals surface area contributed by atoms with Crippen molar-refractivity contribution in [1.29, 1.82) is 0 Å². The summed E-state index contributed by atoms with van der Waals surface area (Å²) in [5.74, 6) is 1.91. The van der Waals surface area contributed by atoms with E-state index in [4.69, 9.17) is 26.7 Å². The number of rotatable bonds is 6. The van der Waals surface area contributed by atoms with Crippen LogP contribution in [-0.2, 0) is 10.3 Å². The molecule has 0 spiro atoms. The van der Waals surface area contributed by atoms with Crippen LogP contribution in [-0.4, -0.2) is 30.4 Å². The molecule has 1 aliphatic heterocycles. The zero-order valence-electron chi connectivity index (χ0n) is 19.0. The molecule has 10 heteroatoms. The van der Waals surface area contributed by atoms with Gasteiger partial charge in [-0.2, -0.15) is 0 Å². The normalized spacial score (nSPS) is 14.1. The Morgan fingerprint density at radius 1 is 1.18 bits per heavy atom. The number of benzene rings is 2. The number of carbonyl (C=O) groups is 1. The van der Waals surface area contributed by atoms with Crippen molar-refractivity contribution in [3.63, 3.8) is 0 Å². The summed E-state index contributed by atoms with van der Waals surface area (Å²) in [5, 5.41) is 0. The summed E-state index contributed by atoms with van der Waals surface area (Å²) in [6, 6.07) is 11.7. The maximum atomic E-state index is 13.7. The summed E-state index contributed by atoms with van der Waals surface area (Å²) >= 11 is 8.73. The standard InChI is InChI=1S/C24H22N2O3S5/c1-5-29-14-6-8-16-18(11-14)32-23(25-16)31-12-19(27)26-17-9-7-13(28-4)10-15(17)20-21(24(26,2)3)33-34-22(20)30/h6-11H,5,12H2,1-4H3. The Morgan fingerprint density at radius 3 is 2.74 bits per heavy atom. The van der Waals surface area contributed by atoms with Crippen LogP contribution < -0.4 is 14.4 Å². The van der Waals surface area contributed by atoms with E-state index in [1.165, 1.54) is 11.8 Å². The van der Waals surface area contributed by atoms with Crippen molar-refractivity contribution in [2.45, 2.75) is 30.6 Å². The molecule has 34 heavy (non-hydrogen) atoms. The van der Waals surface area contributed by atoms with Gasteiger partial charge in [-0.05, 0) is 57.2 Å². The van der Waals surface area contributed by atoms with Gasteiger partial charge in [0.2, 0.25) is 5.91 Å². The number of hydrogen-bond donors (Lipinski definition) is 0. The summed E-state index contributed by atoms with van der Waals surface area (Å²) in [5.41, 5.74) is 3.29. The topological polar surface area (TPSA) is 51.7 Å². The van der Waals surface area contributed by atoms with Crippen LogP contribution in [0, 0.1) is 3.82 Å². The molecule has 5 nitrogen and oxygen atoms in total. The zero-order chi connectivity index (χ0) is 24.0. The molecular weight excluding hydrogens is 525 g/mol. The molecule has 2 aromatic heterocycles. The second-order valence-corrected chi connectivity index (χ2v) is 13.2. The number of thiazole rings is 1. The van der Waals surface area contributed by atoms with E-state index in [-0.39, 0.29) is 11.7 Å². The van der Waals surface area contributed by atoms with Gasteiger partial charge >= 0.3 is 0 Å². The van der Waals surface area contributed by atoms with E-state index in [1.807, 2.05) is 48.2 Å². The number of anilines is 1. The van der Waals surface area contributed by atoms with Crippen molar-refractivity contribution in [3.05, 3.63) is 45.1 Å². The van der Waals surface area contributed by atoms with Gasteiger partial charge in [-0.1, -0.05) is 44.7 Å². The quantitative estimate of drug-likeness (QED) is 0.141. The fourth-order valence-electron chi connectivity index (χ4n) is 4.17. The smallest absolute Gasteiger partial charge is 0.238 e. The van der Waals surface area contributed by atoms with Gasteiger partial charge < -0.3 is 14.4 Å². The molecule has 176 valence electrons. The molecule has 0 unspecified atom stereocenters. The van der Waals surface area contributed by atoms with Gasteiger partial charge in [-0.25, -0.2) is 4.98 Å². The Morgan fingerprint density at radius 2 is 1.97 bits per heavy atom. The number of amides is 1. The van der Waals surface area contributed by atoms with Gasteiger partial charge in [-0.3, -0.25) is 4.79 Å². The average Bonchev–Trinajstić information content (AvgIpc) is 3.41. The van der Waals surface area contributed by atoms with Crippen LogP contribution in [0.15, 0.2) is 40.7 Å². The molecule has 0 saturated heterocycles. The molecule has 0 N–H and O–H groups in total. The van der Waals surface area contributed by atoms with Crippen molar-refractivity contribution in [2.75, 3.05) is 24.4 Å². The monoisotopic (exact) mass is 546 g/mol.